The zero-order valence-corrected chi connectivity index (χ0v) is 7.62. The summed E-state index contributed by atoms with van der Waals surface area (Å²) in [6.07, 6.45) is 0. The van der Waals surface area contributed by atoms with E-state index >= 15 is 0 Å². The van der Waals surface area contributed by atoms with E-state index in [4.69, 9.17) is 10.2 Å². The minimum Gasteiger partial charge on any atom is -0.479 e. The summed E-state index contributed by atoms with van der Waals surface area (Å²) in [6.45, 7) is 0. The van der Waals surface area contributed by atoms with Crippen molar-refractivity contribution in [3.05, 3.63) is 30.3 Å². The summed E-state index contributed by atoms with van der Waals surface area (Å²) < 4.78 is 0. The van der Waals surface area contributed by atoms with Gasteiger partial charge in [0.15, 0.2) is 0 Å². The van der Waals surface area contributed by atoms with Gasteiger partial charge in [0.25, 0.3) is 0 Å². The lowest BCUT2D eigenvalue weighted by molar-refractivity contribution is 0.384. The van der Waals surface area contributed by atoms with Crippen LogP contribution in [0.15, 0.2) is 30.3 Å². The van der Waals surface area contributed by atoms with Crippen LogP contribution in [0.3, 0.4) is 0 Å². The lowest BCUT2D eigenvalue weighted by Crippen LogP contribution is -1.97. The van der Waals surface area contributed by atoms with Gasteiger partial charge in [-0.15, -0.1) is 4.98 Å². The maximum Gasteiger partial charge on any atom is 0.321 e. The molecule has 15 heavy (non-hydrogen) atoms. The summed E-state index contributed by atoms with van der Waals surface area (Å²) >= 11 is 0. The van der Waals surface area contributed by atoms with E-state index in [1.54, 1.807) is 12.1 Å². The normalized spacial score (nSPS) is 9.87. The van der Waals surface area contributed by atoms with Crippen molar-refractivity contribution in [3.8, 4) is 12.0 Å². The molecule has 0 aliphatic carbocycles. The Kier molecular flexibility index (Phi) is 2.32. The summed E-state index contributed by atoms with van der Waals surface area (Å²) in [4.78, 5) is 10.4. The Morgan fingerprint density at radius 3 is 2.07 bits per heavy atom. The van der Waals surface area contributed by atoms with E-state index < -0.39 is 12.0 Å². The first-order chi connectivity index (χ1) is 7.24. The number of nitrogens with one attached hydrogen (secondary N) is 1. The monoisotopic (exact) mass is 204 g/mol. The number of hydrogen-bond donors (Lipinski definition) is 3. The van der Waals surface area contributed by atoms with Crippen molar-refractivity contribution in [2.24, 2.45) is 0 Å². The fourth-order valence-corrected chi connectivity index (χ4v) is 1.06. The zero-order valence-electron chi connectivity index (χ0n) is 7.62. The molecule has 0 spiro atoms. The maximum atomic E-state index is 9.01. The van der Waals surface area contributed by atoms with Crippen LogP contribution in [0.1, 0.15) is 0 Å². The molecule has 1 aromatic carbocycles. The largest absolute Gasteiger partial charge is 0.479 e. The van der Waals surface area contributed by atoms with Crippen LogP contribution in [0.25, 0.3) is 0 Å². The molecule has 0 aliphatic rings. The van der Waals surface area contributed by atoms with Crippen LogP contribution in [0.5, 0.6) is 12.0 Å². The van der Waals surface area contributed by atoms with Crippen molar-refractivity contribution in [1.29, 1.82) is 0 Å². The molecule has 0 fully saturated rings. The van der Waals surface area contributed by atoms with E-state index in [2.05, 4.69) is 20.3 Å². The van der Waals surface area contributed by atoms with Crippen LogP contribution < -0.4 is 5.32 Å². The molecule has 2 rings (SSSR count). The van der Waals surface area contributed by atoms with Crippen molar-refractivity contribution >= 4 is 11.6 Å². The van der Waals surface area contributed by atoms with E-state index in [-0.39, 0.29) is 5.95 Å². The van der Waals surface area contributed by atoms with Crippen LogP contribution in [0.2, 0.25) is 0 Å². The standard InChI is InChI=1S/C9H8N4O2/c14-8-11-7(12-9(15)13-8)10-6-4-2-1-3-5-6/h1-5H,(H3,10,11,12,13,14,15). The fourth-order valence-electron chi connectivity index (χ4n) is 1.06. The third-order valence-electron chi connectivity index (χ3n) is 1.64. The Labute approximate surface area is 85.3 Å². The molecule has 0 bridgehead atoms. The SMILES string of the molecule is Oc1nc(O)nc(Nc2ccccc2)n1. The second-order valence-corrected chi connectivity index (χ2v) is 2.75. The smallest absolute Gasteiger partial charge is 0.321 e. The molecule has 0 saturated carbocycles. The molecular formula is C9H8N4O2. The topological polar surface area (TPSA) is 91.2 Å². The van der Waals surface area contributed by atoms with Gasteiger partial charge in [-0.05, 0) is 12.1 Å². The maximum absolute atomic E-state index is 9.01. The molecule has 0 unspecified atom stereocenters. The van der Waals surface area contributed by atoms with Crippen molar-refractivity contribution in [3.63, 3.8) is 0 Å². The third-order valence-corrected chi connectivity index (χ3v) is 1.64. The zero-order chi connectivity index (χ0) is 10.7. The van der Waals surface area contributed by atoms with Gasteiger partial charge in [-0.3, -0.25) is 0 Å². The van der Waals surface area contributed by atoms with Crippen molar-refractivity contribution in [1.82, 2.24) is 15.0 Å². The number of anilines is 2. The van der Waals surface area contributed by atoms with Gasteiger partial charge < -0.3 is 15.5 Å². The molecule has 1 heterocycles. The van der Waals surface area contributed by atoms with Crippen LogP contribution in [0.4, 0.5) is 11.6 Å². The number of benzene rings is 1. The van der Waals surface area contributed by atoms with Crippen LogP contribution in [-0.2, 0) is 0 Å². The lowest BCUT2D eigenvalue weighted by Gasteiger charge is -2.03. The first-order valence-electron chi connectivity index (χ1n) is 4.20. The Morgan fingerprint density at radius 2 is 1.47 bits per heavy atom. The second kappa shape index (κ2) is 3.79. The van der Waals surface area contributed by atoms with E-state index in [0.29, 0.717) is 0 Å². The highest BCUT2D eigenvalue weighted by molar-refractivity contribution is 5.52. The molecule has 0 atom stereocenters. The second-order valence-electron chi connectivity index (χ2n) is 2.75. The van der Waals surface area contributed by atoms with Gasteiger partial charge in [0.05, 0.1) is 0 Å². The summed E-state index contributed by atoms with van der Waals surface area (Å²) in [7, 11) is 0. The number of aromatic hydroxyl groups is 2. The van der Waals surface area contributed by atoms with Crippen LogP contribution >= 0.6 is 0 Å². The number of nitrogens with zero attached hydrogens (tertiary/aromatic N) is 3. The summed E-state index contributed by atoms with van der Waals surface area (Å²) in [6, 6.07) is 8.09. The Balaban J connectivity index is 2.25. The predicted molar refractivity (Wildman–Crippen MR) is 52.9 cm³/mol. The molecule has 6 nitrogen and oxygen atoms in total. The average molecular weight is 204 g/mol. The Hall–Kier alpha value is -2.37. The minimum atomic E-state index is -0.527. The van der Waals surface area contributed by atoms with Crippen molar-refractivity contribution in [2.45, 2.75) is 0 Å². The molecule has 76 valence electrons. The Morgan fingerprint density at radius 1 is 0.867 bits per heavy atom. The number of aromatic nitrogens is 3. The molecule has 6 heteroatoms. The molecular weight excluding hydrogens is 196 g/mol. The first kappa shape index (κ1) is 9.20. The van der Waals surface area contributed by atoms with Crippen molar-refractivity contribution in [2.75, 3.05) is 5.32 Å². The molecule has 0 radical (unpaired) electrons. The van der Waals surface area contributed by atoms with E-state index in [0.717, 1.165) is 5.69 Å². The Bertz CT molecular complexity index is 441. The molecule has 3 N–H and O–H groups in total. The molecule has 0 saturated heterocycles. The predicted octanol–water partition coefficient (Wildman–Crippen LogP) is 1.03. The number of para-hydroxylation sites is 1. The van der Waals surface area contributed by atoms with E-state index in [1.807, 2.05) is 18.2 Å². The number of rotatable bonds is 2. The van der Waals surface area contributed by atoms with Gasteiger partial charge in [-0.1, -0.05) is 18.2 Å². The van der Waals surface area contributed by atoms with Gasteiger partial charge >= 0.3 is 12.0 Å². The van der Waals surface area contributed by atoms with E-state index in [1.165, 1.54) is 0 Å². The van der Waals surface area contributed by atoms with E-state index in [9.17, 15) is 0 Å². The highest BCUT2D eigenvalue weighted by Gasteiger charge is 2.03. The fraction of sp³-hybridized carbons (Fsp3) is 0. The highest BCUT2D eigenvalue weighted by Crippen LogP contribution is 2.15. The molecule has 0 amide bonds. The third kappa shape index (κ3) is 2.31. The summed E-state index contributed by atoms with van der Waals surface area (Å²) in [5.74, 6) is 0.0891. The van der Waals surface area contributed by atoms with Gasteiger partial charge in [0.2, 0.25) is 5.95 Å². The van der Waals surface area contributed by atoms with Gasteiger partial charge in [0, 0.05) is 5.69 Å². The minimum absolute atomic E-state index is 0.0891. The molecule has 1 aromatic heterocycles. The summed E-state index contributed by atoms with van der Waals surface area (Å²) in [5.41, 5.74) is 0.752. The van der Waals surface area contributed by atoms with Gasteiger partial charge in [-0.25, -0.2) is 0 Å². The quantitative estimate of drug-likeness (QED) is 0.676. The number of hydrogen-bond acceptors (Lipinski definition) is 6. The van der Waals surface area contributed by atoms with Gasteiger partial charge in [0.1, 0.15) is 0 Å². The van der Waals surface area contributed by atoms with Crippen molar-refractivity contribution < 1.29 is 10.2 Å². The average Bonchev–Trinajstić information content (AvgIpc) is 2.17. The summed E-state index contributed by atoms with van der Waals surface area (Å²) in [5, 5.41) is 20.8. The van der Waals surface area contributed by atoms with Crippen LogP contribution in [0, 0.1) is 0 Å². The molecule has 0 aliphatic heterocycles. The van der Waals surface area contributed by atoms with Gasteiger partial charge in [-0.2, -0.15) is 9.97 Å². The molecule has 2 aromatic rings. The van der Waals surface area contributed by atoms with Crippen LogP contribution in [-0.4, -0.2) is 25.2 Å². The lowest BCUT2D eigenvalue weighted by atomic mass is 10.3. The highest BCUT2D eigenvalue weighted by atomic mass is 16.3. The first-order valence-corrected chi connectivity index (χ1v) is 4.20.